The fraction of sp³-hybridized carbons (Fsp3) is 0.375. The number of ether oxygens (including phenoxy) is 2. The zero-order valence-electron chi connectivity index (χ0n) is 14.2. The predicted octanol–water partition coefficient (Wildman–Crippen LogP) is 1.86. The third-order valence-corrected chi connectivity index (χ3v) is 5.10. The van der Waals surface area contributed by atoms with Crippen molar-refractivity contribution < 1.29 is 23.5 Å². The van der Waals surface area contributed by atoms with Crippen LogP contribution in [0.5, 0.6) is 0 Å². The molecule has 1 aromatic carbocycles. The summed E-state index contributed by atoms with van der Waals surface area (Å²) < 4.78 is 26.7. The minimum Gasteiger partial charge on any atom is -0.466 e. The first-order valence-corrected chi connectivity index (χ1v) is 9.18. The number of aromatic nitrogens is 2. The van der Waals surface area contributed by atoms with E-state index in [0.717, 1.165) is 43.4 Å². The fourth-order valence-electron chi connectivity index (χ4n) is 2.56. The van der Waals surface area contributed by atoms with Gasteiger partial charge in [-0.3, -0.25) is 9.48 Å². The van der Waals surface area contributed by atoms with Crippen molar-refractivity contribution in [3.8, 4) is 0 Å². The number of methoxy groups -OCH3 is 1. The maximum Gasteiger partial charge on any atom is 0.344 e. The number of hydrogen-bond donors (Lipinski definition) is 0. The summed E-state index contributed by atoms with van der Waals surface area (Å²) in [5, 5.41) is -0.180. The second kappa shape index (κ2) is 8.05. The summed E-state index contributed by atoms with van der Waals surface area (Å²) in [5.41, 5.74) is -0.307. The normalized spacial score (nSPS) is 14.0. The molecule has 0 N–H and O–H groups in total. The smallest absolute Gasteiger partial charge is 0.344 e. The molecule has 11 heteroatoms. The topological polar surface area (TPSA) is 91.9 Å². The Balaban J connectivity index is 1.99. The van der Waals surface area contributed by atoms with E-state index in [-0.39, 0.29) is 21.1 Å². The van der Waals surface area contributed by atoms with Crippen LogP contribution in [-0.2, 0) is 27.4 Å². The van der Waals surface area contributed by atoms with Gasteiger partial charge in [-0.2, -0.15) is 0 Å². The van der Waals surface area contributed by atoms with Gasteiger partial charge in [0.2, 0.25) is 4.80 Å². The Morgan fingerprint density at radius 3 is 2.70 bits per heavy atom. The molecule has 0 aliphatic carbocycles. The van der Waals surface area contributed by atoms with E-state index in [1.165, 1.54) is 0 Å². The van der Waals surface area contributed by atoms with Crippen LogP contribution in [0.3, 0.4) is 0 Å². The number of esters is 2. The molecule has 2 aromatic rings. The molecule has 144 valence electrons. The van der Waals surface area contributed by atoms with Gasteiger partial charge in [-0.15, -0.1) is 0 Å². The Labute approximate surface area is 161 Å². The van der Waals surface area contributed by atoms with Crippen LogP contribution in [0.25, 0.3) is 0 Å². The molecule has 1 aliphatic heterocycles. The van der Waals surface area contributed by atoms with E-state index in [2.05, 4.69) is 9.73 Å². The largest absolute Gasteiger partial charge is 0.466 e. The SMILES string of the molecule is COC(=O)COC(=O)c1cc(/N=c2/sc(=O)n3n2CCCC3)c(F)cc1Cl. The third-order valence-electron chi connectivity index (χ3n) is 3.91. The first kappa shape index (κ1) is 19.3. The summed E-state index contributed by atoms with van der Waals surface area (Å²) in [6.45, 7) is 0.583. The van der Waals surface area contributed by atoms with Crippen molar-refractivity contribution in [2.75, 3.05) is 13.7 Å². The maximum atomic E-state index is 14.3. The van der Waals surface area contributed by atoms with Crippen molar-refractivity contribution >= 4 is 40.6 Å². The van der Waals surface area contributed by atoms with Crippen LogP contribution < -0.4 is 9.67 Å². The Kier molecular flexibility index (Phi) is 5.76. The van der Waals surface area contributed by atoms with Crippen molar-refractivity contribution in [1.82, 2.24) is 9.36 Å². The molecule has 0 bridgehead atoms. The van der Waals surface area contributed by atoms with E-state index in [1.54, 1.807) is 9.36 Å². The lowest BCUT2D eigenvalue weighted by Crippen LogP contribution is -2.31. The molecule has 2 heterocycles. The number of nitrogens with zero attached hydrogens (tertiary/aromatic N) is 3. The molecule has 0 saturated heterocycles. The second-order valence-electron chi connectivity index (χ2n) is 5.65. The Hall–Kier alpha value is -2.46. The summed E-state index contributed by atoms with van der Waals surface area (Å²) in [4.78, 5) is 39.6. The van der Waals surface area contributed by atoms with E-state index in [0.29, 0.717) is 17.9 Å². The molecule has 27 heavy (non-hydrogen) atoms. The van der Waals surface area contributed by atoms with Gasteiger partial charge < -0.3 is 9.47 Å². The molecule has 0 unspecified atom stereocenters. The molecule has 0 saturated carbocycles. The molecule has 8 nitrogen and oxygen atoms in total. The Morgan fingerprint density at radius 1 is 1.30 bits per heavy atom. The molecular formula is C16H15ClFN3O5S. The van der Waals surface area contributed by atoms with Crippen LogP contribution in [0.1, 0.15) is 23.2 Å². The van der Waals surface area contributed by atoms with Crippen LogP contribution in [0.15, 0.2) is 21.9 Å². The summed E-state index contributed by atoms with van der Waals surface area (Å²) in [7, 11) is 1.15. The molecular weight excluding hydrogens is 401 g/mol. The van der Waals surface area contributed by atoms with Crippen molar-refractivity contribution in [3.05, 3.63) is 43.0 Å². The number of fused-ring (bicyclic) bond motifs is 1. The van der Waals surface area contributed by atoms with Crippen molar-refractivity contribution in [2.45, 2.75) is 25.9 Å². The fourth-order valence-corrected chi connectivity index (χ4v) is 3.68. The minimum atomic E-state index is -0.915. The first-order valence-electron chi connectivity index (χ1n) is 7.99. The lowest BCUT2D eigenvalue weighted by Gasteiger charge is -2.15. The monoisotopic (exact) mass is 415 g/mol. The molecule has 1 aliphatic rings. The van der Waals surface area contributed by atoms with Crippen LogP contribution in [-0.4, -0.2) is 35.0 Å². The first-order chi connectivity index (χ1) is 12.9. The predicted molar refractivity (Wildman–Crippen MR) is 94.7 cm³/mol. The Morgan fingerprint density at radius 2 is 2.00 bits per heavy atom. The van der Waals surface area contributed by atoms with Gasteiger partial charge in [0.05, 0.1) is 17.7 Å². The molecule has 0 fully saturated rings. The third kappa shape index (κ3) is 4.11. The molecule has 3 rings (SSSR count). The van der Waals surface area contributed by atoms with Crippen molar-refractivity contribution in [3.63, 3.8) is 0 Å². The summed E-state index contributed by atoms with van der Waals surface area (Å²) >= 11 is 6.81. The number of carbonyl (C=O) groups is 2. The van der Waals surface area contributed by atoms with Gasteiger partial charge in [0.25, 0.3) is 0 Å². The zero-order valence-corrected chi connectivity index (χ0v) is 15.8. The maximum absolute atomic E-state index is 14.3. The Bertz CT molecular complexity index is 1030. The molecule has 0 amide bonds. The van der Waals surface area contributed by atoms with Gasteiger partial charge >= 0.3 is 16.8 Å². The van der Waals surface area contributed by atoms with Gasteiger partial charge in [0.15, 0.2) is 6.61 Å². The zero-order chi connectivity index (χ0) is 19.6. The van der Waals surface area contributed by atoms with E-state index in [9.17, 15) is 18.8 Å². The van der Waals surface area contributed by atoms with Gasteiger partial charge in [-0.05, 0) is 36.3 Å². The lowest BCUT2D eigenvalue weighted by molar-refractivity contribution is -0.144. The van der Waals surface area contributed by atoms with E-state index in [4.69, 9.17) is 16.3 Å². The molecule has 0 spiro atoms. The standard InChI is InChI=1S/C16H15ClFN3O5S/c1-25-13(22)8-26-14(23)9-6-12(11(18)7-10(9)17)19-15-20-4-2-3-5-21(20)16(24)27-15/h6-7H,2-5,8H2,1H3/b19-15+. The highest BCUT2D eigenvalue weighted by atomic mass is 35.5. The van der Waals surface area contributed by atoms with Gasteiger partial charge in [-0.25, -0.2) is 23.7 Å². The lowest BCUT2D eigenvalue weighted by atomic mass is 10.2. The van der Waals surface area contributed by atoms with Crippen LogP contribution in [0.2, 0.25) is 5.02 Å². The number of benzene rings is 1. The average Bonchev–Trinajstić information content (AvgIpc) is 2.97. The number of rotatable bonds is 4. The number of carbonyl (C=O) groups excluding carboxylic acids is 2. The van der Waals surface area contributed by atoms with Crippen molar-refractivity contribution in [1.29, 1.82) is 0 Å². The van der Waals surface area contributed by atoms with E-state index < -0.39 is 24.4 Å². The summed E-state index contributed by atoms with van der Waals surface area (Å²) in [6, 6.07) is 2.06. The quantitative estimate of drug-likeness (QED) is 0.711. The number of hydrogen-bond acceptors (Lipinski definition) is 7. The number of halogens is 2. The van der Waals surface area contributed by atoms with Crippen LogP contribution >= 0.6 is 22.9 Å². The van der Waals surface area contributed by atoms with E-state index >= 15 is 0 Å². The molecule has 0 atom stereocenters. The average molecular weight is 416 g/mol. The second-order valence-corrected chi connectivity index (χ2v) is 6.98. The van der Waals surface area contributed by atoms with Gasteiger partial charge in [0.1, 0.15) is 11.5 Å². The molecule has 1 aromatic heterocycles. The highest BCUT2D eigenvalue weighted by molar-refractivity contribution is 7.06. The molecule has 0 radical (unpaired) electrons. The van der Waals surface area contributed by atoms with Gasteiger partial charge in [-0.1, -0.05) is 11.6 Å². The van der Waals surface area contributed by atoms with Crippen molar-refractivity contribution in [2.24, 2.45) is 4.99 Å². The van der Waals surface area contributed by atoms with Gasteiger partial charge in [0, 0.05) is 13.1 Å². The summed E-state index contributed by atoms with van der Waals surface area (Å²) in [5.74, 6) is -2.41. The highest BCUT2D eigenvalue weighted by Gasteiger charge is 2.18. The minimum absolute atomic E-state index is 0.147. The highest BCUT2D eigenvalue weighted by Crippen LogP contribution is 2.26. The summed E-state index contributed by atoms with van der Waals surface area (Å²) in [6.07, 6.45) is 1.78. The van der Waals surface area contributed by atoms with Crippen LogP contribution in [0, 0.1) is 5.82 Å². The van der Waals surface area contributed by atoms with E-state index in [1.807, 2.05) is 0 Å². The van der Waals surface area contributed by atoms with Crippen LogP contribution in [0.4, 0.5) is 10.1 Å².